The van der Waals surface area contributed by atoms with Crippen molar-refractivity contribution in [3.05, 3.63) is 0 Å². The molecular formula is C19H39IN4OS. The molecule has 2 atom stereocenters. The number of amides is 1. The zero-order chi connectivity index (χ0) is 18.5. The standard InChI is InChI=1S/C19H38N4OS.HI/c1-16-11-7-8-12-17(16)22-19(21-15-18(24)23(2)3)20-13-9-5-6-10-14-25-4;/h16-17H,5-15H2,1-4H3,(H2,20,21,22);1H. The molecule has 26 heavy (non-hydrogen) atoms. The summed E-state index contributed by atoms with van der Waals surface area (Å²) in [7, 11) is 3.55. The number of unbranched alkanes of at least 4 members (excludes halogenated alkanes) is 3. The number of nitrogens with one attached hydrogen (secondary N) is 2. The third-order valence-electron chi connectivity index (χ3n) is 4.87. The number of aliphatic imine (C=N–C) groups is 1. The first-order valence-corrected chi connectivity index (χ1v) is 11.2. The predicted molar refractivity (Wildman–Crippen MR) is 126 cm³/mol. The Labute approximate surface area is 181 Å². The number of thioether (sulfide) groups is 1. The number of rotatable bonds is 10. The topological polar surface area (TPSA) is 56.7 Å². The SMILES string of the molecule is CSCCCCCCNC(=NCC(=O)N(C)C)NC1CCCCC1C.I. The molecule has 0 radical (unpaired) electrons. The minimum Gasteiger partial charge on any atom is -0.356 e. The van der Waals surface area contributed by atoms with E-state index in [1.807, 2.05) is 11.8 Å². The summed E-state index contributed by atoms with van der Waals surface area (Å²) in [6.07, 6.45) is 12.2. The summed E-state index contributed by atoms with van der Waals surface area (Å²) in [5.74, 6) is 2.76. The van der Waals surface area contributed by atoms with Crippen molar-refractivity contribution in [1.29, 1.82) is 0 Å². The minimum atomic E-state index is 0. The maximum absolute atomic E-state index is 11.8. The van der Waals surface area contributed by atoms with E-state index >= 15 is 0 Å². The van der Waals surface area contributed by atoms with Gasteiger partial charge >= 0.3 is 0 Å². The molecule has 0 aromatic rings. The van der Waals surface area contributed by atoms with E-state index in [1.54, 1.807) is 19.0 Å². The van der Waals surface area contributed by atoms with Crippen LogP contribution in [0.2, 0.25) is 0 Å². The van der Waals surface area contributed by atoms with E-state index in [9.17, 15) is 4.79 Å². The molecule has 0 bridgehead atoms. The van der Waals surface area contributed by atoms with E-state index < -0.39 is 0 Å². The van der Waals surface area contributed by atoms with Crippen LogP contribution >= 0.6 is 35.7 Å². The van der Waals surface area contributed by atoms with Crippen molar-refractivity contribution in [3.8, 4) is 0 Å². The molecule has 1 saturated carbocycles. The fourth-order valence-corrected chi connectivity index (χ4v) is 3.57. The number of carbonyl (C=O) groups excluding carboxylic acids is 1. The second kappa shape index (κ2) is 15.8. The van der Waals surface area contributed by atoms with Gasteiger partial charge in [0.25, 0.3) is 0 Å². The fraction of sp³-hybridized carbons (Fsp3) is 0.895. The smallest absolute Gasteiger partial charge is 0.243 e. The van der Waals surface area contributed by atoms with Crippen molar-refractivity contribution >= 4 is 47.6 Å². The fourth-order valence-electron chi connectivity index (χ4n) is 3.08. The molecule has 2 unspecified atom stereocenters. The molecule has 7 heteroatoms. The Hall–Kier alpha value is -0.180. The zero-order valence-corrected chi connectivity index (χ0v) is 20.2. The molecule has 1 rings (SSSR count). The molecule has 0 aromatic heterocycles. The highest BCUT2D eigenvalue weighted by Crippen LogP contribution is 2.23. The van der Waals surface area contributed by atoms with Crippen molar-refractivity contribution in [1.82, 2.24) is 15.5 Å². The Morgan fingerprint density at radius 3 is 2.50 bits per heavy atom. The van der Waals surface area contributed by atoms with Crippen LogP contribution in [0, 0.1) is 5.92 Å². The van der Waals surface area contributed by atoms with Crippen LogP contribution < -0.4 is 10.6 Å². The van der Waals surface area contributed by atoms with Gasteiger partial charge in [0.15, 0.2) is 5.96 Å². The highest BCUT2D eigenvalue weighted by Gasteiger charge is 2.22. The van der Waals surface area contributed by atoms with Gasteiger partial charge in [-0.3, -0.25) is 4.79 Å². The number of nitrogens with zero attached hydrogens (tertiary/aromatic N) is 2. The predicted octanol–water partition coefficient (Wildman–Crippen LogP) is 3.73. The number of halogens is 1. The third kappa shape index (κ3) is 11.5. The van der Waals surface area contributed by atoms with E-state index in [0.717, 1.165) is 18.9 Å². The summed E-state index contributed by atoms with van der Waals surface area (Å²) in [4.78, 5) is 18.0. The normalized spacial score (nSPS) is 20.2. The lowest BCUT2D eigenvalue weighted by atomic mass is 9.86. The van der Waals surface area contributed by atoms with Gasteiger partial charge in [-0.2, -0.15) is 11.8 Å². The first-order valence-electron chi connectivity index (χ1n) is 9.78. The van der Waals surface area contributed by atoms with Crippen molar-refractivity contribution in [2.45, 2.75) is 64.3 Å². The van der Waals surface area contributed by atoms with Crippen LogP contribution in [-0.4, -0.2) is 62.0 Å². The third-order valence-corrected chi connectivity index (χ3v) is 5.57. The Balaban J connectivity index is 0.00000625. The van der Waals surface area contributed by atoms with Gasteiger partial charge in [-0.25, -0.2) is 4.99 Å². The molecule has 1 amide bonds. The van der Waals surface area contributed by atoms with Gasteiger partial charge in [-0.15, -0.1) is 24.0 Å². The summed E-state index contributed by atoms with van der Waals surface area (Å²) in [5.41, 5.74) is 0. The number of carbonyl (C=O) groups is 1. The van der Waals surface area contributed by atoms with Gasteiger partial charge < -0.3 is 15.5 Å². The molecule has 0 spiro atoms. The highest BCUT2D eigenvalue weighted by molar-refractivity contribution is 14.0. The summed E-state index contributed by atoms with van der Waals surface area (Å²) < 4.78 is 0. The first kappa shape index (κ1) is 25.8. The number of hydrogen-bond acceptors (Lipinski definition) is 3. The zero-order valence-electron chi connectivity index (χ0n) is 17.1. The Morgan fingerprint density at radius 1 is 1.15 bits per heavy atom. The molecule has 1 fully saturated rings. The first-order chi connectivity index (χ1) is 12.0. The lowest BCUT2D eigenvalue weighted by molar-refractivity contribution is -0.127. The quantitative estimate of drug-likeness (QED) is 0.209. The van der Waals surface area contributed by atoms with Gasteiger partial charge in [0, 0.05) is 26.7 Å². The van der Waals surface area contributed by atoms with Crippen LogP contribution in [0.4, 0.5) is 0 Å². The average Bonchev–Trinajstić information content (AvgIpc) is 2.59. The van der Waals surface area contributed by atoms with Gasteiger partial charge in [0.2, 0.25) is 5.91 Å². The molecule has 154 valence electrons. The summed E-state index contributed by atoms with van der Waals surface area (Å²) in [6, 6.07) is 0.469. The van der Waals surface area contributed by atoms with Gasteiger partial charge in [0.05, 0.1) is 0 Å². The Bertz CT molecular complexity index is 407. The highest BCUT2D eigenvalue weighted by atomic mass is 127. The van der Waals surface area contributed by atoms with Crippen molar-refractivity contribution in [3.63, 3.8) is 0 Å². The summed E-state index contributed by atoms with van der Waals surface area (Å²) >= 11 is 1.92. The maximum Gasteiger partial charge on any atom is 0.243 e. The van der Waals surface area contributed by atoms with Crippen LogP contribution in [0.5, 0.6) is 0 Å². The maximum atomic E-state index is 11.8. The van der Waals surface area contributed by atoms with Crippen molar-refractivity contribution in [2.24, 2.45) is 10.9 Å². The molecule has 1 aliphatic carbocycles. The monoisotopic (exact) mass is 498 g/mol. The molecule has 0 aromatic carbocycles. The minimum absolute atomic E-state index is 0. The molecule has 5 nitrogen and oxygen atoms in total. The Kier molecular flexibility index (Phi) is 15.7. The van der Waals surface area contributed by atoms with E-state index in [-0.39, 0.29) is 36.4 Å². The molecular weight excluding hydrogens is 459 g/mol. The average molecular weight is 499 g/mol. The second-order valence-corrected chi connectivity index (χ2v) is 8.28. The van der Waals surface area contributed by atoms with Crippen LogP contribution in [0.3, 0.4) is 0 Å². The number of hydrogen-bond donors (Lipinski definition) is 2. The van der Waals surface area contributed by atoms with Crippen LogP contribution in [-0.2, 0) is 4.79 Å². The van der Waals surface area contributed by atoms with Crippen LogP contribution in [0.25, 0.3) is 0 Å². The van der Waals surface area contributed by atoms with E-state index in [2.05, 4.69) is 28.8 Å². The largest absolute Gasteiger partial charge is 0.356 e. The van der Waals surface area contributed by atoms with E-state index in [4.69, 9.17) is 0 Å². The number of likely N-dealkylation sites (N-methyl/N-ethyl adjacent to an activating group) is 1. The molecule has 0 aliphatic heterocycles. The lowest BCUT2D eigenvalue weighted by Crippen LogP contribution is -2.47. The Morgan fingerprint density at radius 2 is 1.85 bits per heavy atom. The molecule has 2 N–H and O–H groups in total. The van der Waals surface area contributed by atoms with Crippen molar-refractivity contribution in [2.75, 3.05) is 39.2 Å². The van der Waals surface area contributed by atoms with E-state index in [1.165, 1.54) is 50.7 Å². The lowest BCUT2D eigenvalue weighted by Gasteiger charge is -2.31. The summed E-state index contributed by atoms with van der Waals surface area (Å²) in [5, 5.41) is 7.01. The van der Waals surface area contributed by atoms with E-state index in [0.29, 0.717) is 12.0 Å². The number of guanidine groups is 1. The van der Waals surface area contributed by atoms with Gasteiger partial charge in [-0.05, 0) is 43.6 Å². The molecule has 0 saturated heterocycles. The van der Waals surface area contributed by atoms with Crippen molar-refractivity contribution < 1.29 is 4.79 Å². The summed E-state index contributed by atoms with van der Waals surface area (Å²) in [6.45, 7) is 3.44. The molecule has 1 aliphatic rings. The second-order valence-electron chi connectivity index (χ2n) is 7.30. The van der Waals surface area contributed by atoms with Gasteiger partial charge in [-0.1, -0.05) is 32.6 Å². The van der Waals surface area contributed by atoms with Gasteiger partial charge in [0.1, 0.15) is 6.54 Å². The van der Waals surface area contributed by atoms with Crippen LogP contribution in [0.15, 0.2) is 4.99 Å². The molecule has 0 heterocycles. The van der Waals surface area contributed by atoms with Crippen LogP contribution in [0.1, 0.15) is 58.3 Å².